The molecule has 1 aliphatic heterocycles. The number of Topliss-reactive ketones (excluding diaryl/α,β-unsaturated/α-hetero) is 1. The summed E-state index contributed by atoms with van der Waals surface area (Å²) in [7, 11) is 0. The molecule has 0 radical (unpaired) electrons. The summed E-state index contributed by atoms with van der Waals surface area (Å²) in [6.07, 6.45) is 0.0646. The Morgan fingerprint density at radius 1 is 1.17 bits per heavy atom. The number of carbonyl (C=O) groups is 3. The van der Waals surface area contributed by atoms with Gasteiger partial charge in [-0.05, 0) is 31.2 Å². The maximum atomic E-state index is 12.2. The normalized spacial score (nSPS) is 16.0. The van der Waals surface area contributed by atoms with Crippen LogP contribution in [0, 0.1) is 0 Å². The summed E-state index contributed by atoms with van der Waals surface area (Å²) in [6, 6.07) is 14.3. The van der Waals surface area contributed by atoms with Gasteiger partial charge in [-0.25, -0.2) is 0 Å². The third-order valence-electron chi connectivity index (χ3n) is 3.63. The molecule has 3 rings (SSSR count). The van der Waals surface area contributed by atoms with Crippen molar-refractivity contribution in [1.29, 1.82) is 0 Å². The highest BCUT2D eigenvalue weighted by Gasteiger charge is 2.28. The molecule has 24 heavy (non-hydrogen) atoms. The number of nitrogens with one attached hydrogen (secondary N) is 2. The highest BCUT2D eigenvalue weighted by Crippen LogP contribution is 2.36. The van der Waals surface area contributed by atoms with E-state index in [9.17, 15) is 14.4 Å². The lowest BCUT2D eigenvalue weighted by Gasteiger charge is -2.23. The summed E-state index contributed by atoms with van der Waals surface area (Å²) in [5.41, 5.74) is 1.86. The van der Waals surface area contributed by atoms with Gasteiger partial charge in [-0.2, -0.15) is 0 Å². The Morgan fingerprint density at radius 2 is 1.96 bits per heavy atom. The van der Waals surface area contributed by atoms with Crippen molar-refractivity contribution in [2.75, 3.05) is 10.6 Å². The number of anilines is 2. The van der Waals surface area contributed by atoms with Gasteiger partial charge in [0.05, 0.1) is 10.9 Å². The number of fused-ring (bicyclic) bond motifs is 1. The molecule has 2 amide bonds. The molecule has 1 atom stereocenters. The van der Waals surface area contributed by atoms with E-state index in [0.717, 1.165) is 10.6 Å². The number of amides is 2. The first kappa shape index (κ1) is 16.3. The minimum Gasteiger partial charge on any atom is -0.326 e. The van der Waals surface area contributed by atoms with Gasteiger partial charge in [0.15, 0.2) is 5.78 Å². The third-order valence-corrected chi connectivity index (χ3v) is 4.91. The van der Waals surface area contributed by atoms with Crippen LogP contribution in [0.25, 0.3) is 0 Å². The molecule has 2 aromatic rings. The Labute approximate surface area is 143 Å². The quantitative estimate of drug-likeness (QED) is 0.837. The molecule has 0 aliphatic carbocycles. The van der Waals surface area contributed by atoms with Crippen molar-refractivity contribution in [1.82, 2.24) is 0 Å². The van der Waals surface area contributed by atoms with Gasteiger partial charge in [-0.3, -0.25) is 14.4 Å². The van der Waals surface area contributed by atoms with Gasteiger partial charge in [-0.15, -0.1) is 11.8 Å². The molecular weight excluding hydrogens is 324 g/mol. The molecule has 0 saturated heterocycles. The Hall–Kier alpha value is -2.60. The highest BCUT2D eigenvalue weighted by molar-refractivity contribution is 8.01. The van der Waals surface area contributed by atoms with E-state index in [1.807, 2.05) is 24.3 Å². The van der Waals surface area contributed by atoms with E-state index in [-0.39, 0.29) is 24.0 Å². The van der Waals surface area contributed by atoms with Crippen LogP contribution in [0.15, 0.2) is 53.4 Å². The molecule has 6 heteroatoms. The average molecular weight is 340 g/mol. The molecule has 0 fully saturated rings. The predicted octanol–water partition coefficient (Wildman–Crippen LogP) is 3.33. The van der Waals surface area contributed by atoms with Crippen LogP contribution in [0.2, 0.25) is 0 Å². The zero-order valence-corrected chi connectivity index (χ0v) is 13.9. The van der Waals surface area contributed by atoms with Crippen molar-refractivity contribution in [3.8, 4) is 0 Å². The Kier molecular flexibility index (Phi) is 4.66. The van der Waals surface area contributed by atoms with Gasteiger partial charge in [0.2, 0.25) is 11.8 Å². The summed E-state index contributed by atoms with van der Waals surface area (Å²) >= 11 is 1.39. The van der Waals surface area contributed by atoms with Gasteiger partial charge in [0.25, 0.3) is 0 Å². The number of para-hydroxylation sites is 1. The van der Waals surface area contributed by atoms with Crippen LogP contribution in [0.3, 0.4) is 0 Å². The summed E-state index contributed by atoms with van der Waals surface area (Å²) in [5.74, 6) is -0.501. The van der Waals surface area contributed by atoms with Crippen molar-refractivity contribution in [3.05, 3.63) is 54.1 Å². The van der Waals surface area contributed by atoms with E-state index in [4.69, 9.17) is 0 Å². The van der Waals surface area contributed by atoms with Crippen LogP contribution in [0.1, 0.15) is 23.7 Å². The first-order valence-corrected chi connectivity index (χ1v) is 8.38. The number of hydrogen-bond acceptors (Lipinski definition) is 4. The van der Waals surface area contributed by atoms with Gasteiger partial charge in [0, 0.05) is 22.6 Å². The zero-order valence-electron chi connectivity index (χ0n) is 13.0. The minimum atomic E-state index is -0.476. The van der Waals surface area contributed by atoms with E-state index in [1.54, 1.807) is 24.3 Å². The van der Waals surface area contributed by atoms with Crippen LogP contribution in [-0.2, 0) is 9.59 Å². The summed E-state index contributed by atoms with van der Waals surface area (Å²) in [4.78, 5) is 36.7. The maximum Gasteiger partial charge on any atom is 0.238 e. The molecule has 2 aromatic carbocycles. The molecule has 0 unspecified atom stereocenters. The average Bonchev–Trinajstić information content (AvgIpc) is 2.55. The van der Waals surface area contributed by atoms with Crippen molar-refractivity contribution in [3.63, 3.8) is 0 Å². The Balaban J connectivity index is 1.66. The van der Waals surface area contributed by atoms with Crippen LogP contribution >= 0.6 is 11.8 Å². The molecule has 0 saturated carbocycles. The number of hydrogen-bond donors (Lipinski definition) is 2. The first-order valence-electron chi connectivity index (χ1n) is 7.50. The smallest absolute Gasteiger partial charge is 0.238 e. The highest BCUT2D eigenvalue weighted by atomic mass is 32.2. The topological polar surface area (TPSA) is 75.3 Å². The molecule has 0 spiro atoms. The Morgan fingerprint density at radius 3 is 2.75 bits per heavy atom. The van der Waals surface area contributed by atoms with Crippen molar-refractivity contribution in [2.24, 2.45) is 0 Å². The van der Waals surface area contributed by atoms with Gasteiger partial charge >= 0.3 is 0 Å². The van der Waals surface area contributed by atoms with Crippen molar-refractivity contribution < 1.29 is 14.4 Å². The number of rotatable bonds is 4. The number of benzene rings is 2. The zero-order chi connectivity index (χ0) is 17.1. The number of ketones is 1. The molecule has 2 N–H and O–H groups in total. The maximum absolute atomic E-state index is 12.2. The minimum absolute atomic E-state index is 0.0646. The van der Waals surface area contributed by atoms with Gasteiger partial charge in [-0.1, -0.05) is 24.3 Å². The van der Waals surface area contributed by atoms with Crippen LogP contribution in [0.4, 0.5) is 11.4 Å². The van der Waals surface area contributed by atoms with Crippen LogP contribution in [-0.4, -0.2) is 22.8 Å². The second kappa shape index (κ2) is 6.88. The van der Waals surface area contributed by atoms with Crippen LogP contribution < -0.4 is 10.6 Å². The van der Waals surface area contributed by atoms with E-state index < -0.39 is 5.25 Å². The second-order valence-corrected chi connectivity index (χ2v) is 6.73. The van der Waals surface area contributed by atoms with Crippen LogP contribution in [0.5, 0.6) is 0 Å². The lowest BCUT2D eigenvalue weighted by Crippen LogP contribution is -2.32. The van der Waals surface area contributed by atoms with Gasteiger partial charge in [0.1, 0.15) is 0 Å². The molecule has 0 bridgehead atoms. The summed E-state index contributed by atoms with van der Waals surface area (Å²) < 4.78 is 0. The molecule has 1 aliphatic rings. The summed E-state index contributed by atoms with van der Waals surface area (Å²) in [5, 5.41) is 5.09. The fourth-order valence-corrected chi connectivity index (χ4v) is 3.53. The molecular formula is C18H16N2O3S. The Bertz CT molecular complexity index is 819. The van der Waals surface area contributed by atoms with Gasteiger partial charge < -0.3 is 10.6 Å². The van der Waals surface area contributed by atoms with Crippen molar-refractivity contribution in [2.45, 2.75) is 23.5 Å². The fraction of sp³-hybridized carbons (Fsp3) is 0.167. The largest absolute Gasteiger partial charge is 0.326 e. The summed E-state index contributed by atoms with van der Waals surface area (Å²) in [6.45, 7) is 1.47. The fourth-order valence-electron chi connectivity index (χ4n) is 2.42. The lowest BCUT2D eigenvalue weighted by atomic mass is 10.1. The predicted molar refractivity (Wildman–Crippen MR) is 94.4 cm³/mol. The SMILES string of the molecule is CC(=O)c1cccc(NC(=O)C[C@H]2Sc3ccccc3NC2=O)c1. The van der Waals surface area contributed by atoms with Crippen molar-refractivity contribution >= 4 is 40.7 Å². The number of thioether (sulfide) groups is 1. The molecule has 5 nitrogen and oxygen atoms in total. The van der Waals surface area contributed by atoms with E-state index >= 15 is 0 Å². The molecule has 1 heterocycles. The monoisotopic (exact) mass is 340 g/mol. The number of carbonyl (C=O) groups excluding carboxylic acids is 3. The first-order chi connectivity index (χ1) is 11.5. The second-order valence-electron chi connectivity index (χ2n) is 5.48. The molecule has 122 valence electrons. The van der Waals surface area contributed by atoms with E-state index in [2.05, 4.69) is 10.6 Å². The standard InChI is InChI=1S/C18H16N2O3S/c1-11(21)12-5-4-6-13(9-12)19-17(22)10-16-18(23)20-14-7-2-3-8-15(14)24-16/h2-9,16H,10H2,1H3,(H,19,22)(H,20,23)/t16-/m1/s1. The van der Waals surface area contributed by atoms with E-state index in [1.165, 1.54) is 18.7 Å². The lowest BCUT2D eigenvalue weighted by molar-refractivity contribution is -0.120. The molecule has 0 aromatic heterocycles. The third kappa shape index (κ3) is 3.65. The van der Waals surface area contributed by atoms with E-state index in [0.29, 0.717) is 11.3 Å².